The zero-order chi connectivity index (χ0) is 15.6. The van der Waals surface area contributed by atoms with Gasteiger partial charge in [-0.2, -0.15) is 5.10 Å². The second-order valence-corrected chi connectivity index (χ2v) is 5.61. The summed E-state index contributed by atoms with van der Waals surface area (Å²) < 4.78 is 1.74. The van der Waals surface area contributed by atoms with Crippen LogP contribution >= 0.6 is 0 Å². The molecule has 0 unspecified atom stereocenters. The summed E-state index contributed by atoms with van der Waals surface area (Å²) in [6.45, 7) is 5.36. The van der Waals surface area contributed by atoms with Crippen molar-refractivity contribution in [3.8, 4) is 0 Å². The number of carboxylic acids is 1. The average Bonchev–Trinajstić information content (AvgIpc) is 2.66. The minimum absolute atomic E-state index is 0.0806. The highest BCUT2D eigenvalue weighted by Crippen LogP contribution is 2.19. The van der Waals surface area contributed by atoms with Crippen LogP contribution in [-0.2, 0) is 16.6 Å². The number of likely N-dealkylation sites (tertiary alicyclic amines) is 1. The Morgan fingerprint density at radius 1 is 1.33 bits per heavy atom. The first-order valence-electron chi connectivity index (χ1n) is 7.13. The number of nitrogens with zero attached hydrogens (tertiary/aromatic N) is 3. The van der Waals surface area contributed by atoms with Gasteiger partial charge in [0.25, 0.3) is 0 Å². The van der Waals surface area contributed by atoms with Gasteiger partial charge in [0.15, 0.2) is 0 Å². The van der Waals surface area contributed by atoms with Crippen LogP contribution in [-0.4, -0.2) is 51.3 Å². The Balaban J connectivity index is 1.87. The van der Waals surface area contributed by atoms with Crippen LogP contribution in [0.25, 0.3) is 0 Å². The van der Waals surface area contributed by atoms with E-state index in [2.05, 4.69) is 10.4 Å². The number of hydrogen-bond acceptors (Lipinski definition) is 4. The molecule has 0 spiro atoms. The number of amides is 1. The highest BCUT2D eigenvalue weighted by atomic mass is 16.4. The number of carbonyl (C=O) groups excluding carboxylic acids is 1. The van der Waals surface area contributed by atoms with Gasteiger partial charge in [-0.25, -0.2) is 0 Å². The fourth-order valence-electron chi connectivity index (χ4n) is 2.67. The quantitative estimate of drug-likeness (QED) is 0.856. The Morgan fingerprint density at radius 3 is 2.43 bits per heavy atom. The molecule has 0 atom stereocenters. The summed E-state index contributed by atoms with van der Waals surface area (Å²) in [5.74, 6) is -1.09. The molecule has 0 aliphatic carbocycles. The van der Waals surface area contributed by atoms with Gasteiger partial charge in [-0.1, -0.05) is 0 Å². The molecule has 1 aliphatic rings. The number of anilines is 1. The molecule has 1 saturated heterocycles. The third-order valence-electron chi connectivity index (χ3n) is 4.08. The van der Waals surface area contributed by atoms with Crippen molar-refractivity contribution in [2.45, 2.75) is 26.7 Å². The highest BCUT2D eigenvalue weighted by Gasteiger charge is 2.25. The molecular weight excluding hydrogens is 272 g/mol. The first kappa shape index (κ1) is 15.5. The summed E-state index contributed by atoms with van der Waals surface area (Å²) in [5.41, 5.74) is 2.49. The molecule has 0 saturated carbocycles. The molecule has 21 heavy (non-hydrogen) atoms. The van der Waals surface area contributed by atoms with Gasteiger partial charge in [-0.3, -0.25) is 19.2 Å². The van der Waals surface area contributed by atoms with E-state index in [-0.39, 0.29) is 11.8 Å². The summed E-state index contributed by atoms with van der Waals surface area (Å²) in [7, 11) is 1.84. The first-order valence-corrected chi connectivity index (χ1v) is 7.13. The average molecular weight is 294 g/mol. The lowest BCUT2D eigenvalue weighted by Crippen LogP contribution is -2.40. The van der Waals surface area contributed by atoms with Crippen LogP contribution in [0, 0.1) is 19.8 Å². The molecule has 1 aromatic rings. The molecule has 116 valence electrons. The van der Waals surface area contributed by atoms with Crippen LogP contribution in [0.1, 0.15) is 24.2 Å². The Morgan fingerprint density at radius 2 is 1.95 bits per heavy atom. The molecule has 1 amide bonds. The van der Waals surface area contributed by atoms with E-state index >= 15 is 0 Å². The number of carboxylic acid groups (broad SMARTS) is 1. The third-order valence-corrected chi connectivity index (χ3v) is 4.08. The lowest BCUT2D eigenvalue weighted by atomic mass is 9.97. The maximum Gasteiger partial charge on any atom is 0.306 e. The molecule has 0 radical (unpaired) electrons. The molecule has 0 aromatic carbocycles. The van der Waals surface area contributed by atoms with Crippen molar-refractivity contribution in [3.05, 3.63) is 11.4 Å². The number of carbonyl (C=O) groups is 2. The predicted octanol–water partition coefficient (Wildman–Crippen LogP) is 0.772. The van der Waals surface area contributed by atoms with E-state index in [0.717, 1.165) is 17.1 Å². The molecule has 2 rings (SSSR count). The fourth-order valence-corrected chi connectivity index (χ4v) is 2.67. The van der Waals surface area contributed by atoms with Crippen molar-refractivity contribution in [1.82, 2.24) is 14.7 Å². The lowest BCUT2D eigenvalue weighted by Gasteiger charge is -2.29. The van der Waals surface area contributed by atoms with Crippen LogP contribution in [0.3, 0.4) is 0 Å². The van der Waals surface area contributed by atoms with E-state index in [1.807, 2.05) is 25.8 Å². The van der Waals surface area contributed by atoms with Crippen molar-refractivity contribution in [2.24, 2.45) is 13.0 Å². The van der Waals surface area contributed by atoms with Crippen molar-refractivity contribution in [2.75, 3.05) is 25.0 Å². The topological polar surface area (TPSA) is 87.5 Å². The van der Waals surface area contributed by atoms with Crippen LogP contribution in [0.4, 0.5) is 5.69 Å². The summed E-state index contributed by atoms with van der Waals surface area (Å²) in [6, 6.07) is 0. The van der Waals surface area contributed by atoms with Crippen LogP contribution in [0.2, 0.25) is 0 Å². The summed E-state index contributed by atoms with van der Waals surface area (Å²) in [5, 5.41) is 16.1. The number of hydrogen-bond donors (Lipinski definition) is 2. The molecule has 1 fully saturated rings. The first-order chi connectivity index (χ1) is 9.88. The summed E-state index contributed by atoms with van der Waals surface area (Å²) >= 11 is 0. The number of nitrogens with one attached hydrogen (secondary N) is 1. The summed E-state index contributed by atoms with van der Waals surface area (Å²) in [4.78, 5) is 25.0. The van der Waals surface area contributed by atoms with Crippen LogP contribution in [0.5, 0.6) is 0 Å². The molecule has 7 heteroatoms. The van der Waals surface area contributed by atoms with Gasteiger partial charge in [0.05, 0.1) is 29.5 Å². The fraction of sp³-hybridized carbons (Fsp3) is 0.643. The minimum Gasteiger partial charge on any atom is -0.481 e. The molecular formula is C14H22N4O3. The van der Waals surface area contributed by atoms with Crippen molar-refractivity contribution >= 4 is 17.6 Å². The van der Waals surface area contributed by atoms with Gasteiger partial charge >= 0.3 is 5.97 Å². The Bertz CT molecular complexity index is 545. The molecule has 0 bridgehead atoms. The largest absolute Gasteiger partial charge is 0.481 e. The number of aromatic nitrogens is 2. The van der Waals surface area contributed by atoms with Gasteiger partial charge in [0.2, 0.25) is 5.91 Å². The molecule has 1 aliphatic heterocycles. The Labute approximate surface area is 123 Å². The van der Waals surface area contributed by atoms with Crippen LogP contribution in [0.15, 0.2) is 0 Å². The molecule has 7 nitrogen and oxygen atoms in total. The van der Waals surface area contributed by atoms with E-state index < -0.39 is 5.97 Å². The highest BCUT2D eigenvalue weighted by molar-refractivity contribution is 5.93. The smallest absolute Gasteiger partial charge is 0.306 e. The van der Waals surface area contributed by atoms with E-state index in [1.54, 1.807) is 4.68 Å². The van der Waals surface area contributed by atoms with Gasteiger partial charge < -0.3 is 10.4 Å². The van der Waals surface area contributed by atoms with E-state index in [1.165, 1.54) is 0 Å². The van der Waals surface area contributed by atoms with Crippen LogP contribution < -0.4 is 5.32 Å². The van der Waals surface area contributed by atoms with E-state index in [4.69, 9.17) is 5.11 Å². The second-order valence-electron chi connectivity index (χ2n) is 5.61. The zero-order valence-electron chi connectivity index (χ0n) is 12.7. The monoisotopic (exact) mass is 294 g/mol. The van der Waals surface area contributed by atoms with Crippen molar-refractivity contribution < 1.29 is 14.7 Å². The number of piperidine rings is 1. The second kappa shape index (κ2) is 6.26. The lowest BCUT2D eigenvalue weighted by molar-refractivity contribution is -0.143. The summed E-state index contributed by atoms with van der Waals surface area (Å²) in [6.07, 6.45) is 1.21. The number of aryl methyl sites for hydroxylation is 2. The standard InChI is InChI=1S/C14H22N4O3/c1-9-13(10(2)17(3)16-9)15-12(19)8-18-6-4-11(5-7-18)14(20)21/h11H,4-8H2,1-3H3,(H,15,19)(H,20,21). The minimum atomic E-state index is -0.735. The third kappa shape index (κ3) is 3.60. The van der Waals surface area contributed by atoms with Gasteiger partial charge in [0.1, 0.15) is 0 Å². The molecule has 2 N–H and O–H groups in total. The Kier molecular flexibility index (Phi) is 4.62. The number of aliphatic carboxylic acids is 1. The van der Waals surface area contributed by atoms with Gasteiger partial charge in [0, 0.05) is 7.05 Å². The van der Waals surface area contributed by atoms with Crippen molar-refractivity contribution in [1.29, 1.82) is 0 Å². The maximum absolute atomic E-state index is 12.1. The normalized spacial score (nSPS) is 16.9. The number of rotatable bonds is 4. The predicted molar refractivity (Wildman–Crippen MR) is 78.1 cm³/mol. The van der Waals surface area contributed by atoms with Gasteiger partial charge in [-0.15, -0.1) is 0 Å². The molecule has 2 heterocycles. The zero-order valence-corrected chi connectivity index (χ0v) is 12.7. The maximum atomic E-state index is 12.1. The van der Waals surface area contributed by atoms with Crippen molar-refractivity contribution in [3.63, 3.8) is 0 Å². The SMILES string of the molecule is Cc1nn(C)c(C)c1NC(=O)CN1CCC(C(=O)O)CC1. The Hall–Kier alpha value is -1.89. The van der Waals surface area contributed by atoms with E-state index in [9.17, 15) is 9.59 Å². The van der Waals surface area contributed by atoms with Gasteiger partial charge in [-0.05, 0) is 39.8 Å². The van der Waals surface area contributed by atoms with E-state index in [0.29, 0.717) is 32.5 Å². The molecule has 1 aromatic heterocycles.